The van der Waals surface area contributed by atoms with Crippen LogP contribution in [0.3, 0.4) is 0 Å². The van der Waals surface area contributed by atoms with Crippen LogP contribution in [0.2, 0.25) is 0 Å². The molecule has 0 saturated carbocycles. The second kappa shape index (κ2) is 7.97. The van der Waals surface area contributed by atoms with Gasteiger partial charge in [-0.15, -0.1) is 0 Å². The van der Waals surface area contributed by atoms with E-state index in [0.29, 0.717) is 29.7 Å². The molecule has 1 N–H and O–H groups in total. The summed E-state index contributed by atoms with van der Waals surface area (Å²) >= 11 is 0. The molecule has 2 aromatic rings. The SMILES string of the molecule is COc1ccc(-c2nc(CN(C)C[C@@H]3CCCNC3)c(C)o2)c(F)c1. The van der Waals surface area contributed by atoms with Crippen LogP contribution in [-0.4, -0.2) is 43.7 Å². The second-order valence-electron chi connectivity index (χ2n) is 6.78. The summed E-state index contributed by atoms with van der Waals surface area (Å²) in [5.74, 6) is 1.81. The van der Waals surface area contributed by atoms with Crippen molar-refractivity contribution >= 4 is 0 Å². The zero-order valence-corrected chi connectivity index (χ0v) is 15.1. The number of piperidine rings is 1. The number of nitrogens with one attached hydrogen (secondary N) is 1. The molecule has 1 aliphatic rings. The predicted molar refractivity (Wildman–Crippen MR) is 95.1 cm³/mol. The summed E-state index contributed by atoms with van der Waals surface area (Å²) in [4.78, 5) is 6.79. The van der Waals surface area contributed by atoms with E-state index in [-0.39, 0.29) is 0 Å². The Morgan fingerprint density at radius 2 is 2.28 bits per heavy atom. The number of benzene rings is 1. The Balaban J connectivity index is 1.69. The lowest BCUT2D eigenvalue weighted by Crippen LogP contribution is -2.36. The van der Waals surface area contributed by atoms with Gasteiger partial charge in [-0.25, -0.2) is 9.37 Å². The fourth-order valence-corrected chi connectivity index (χ4v) is 3.33. The maximum Gasteiger partial charge on any atom is 0.229 e. The number of methoxy groups -OCH3 is 1. The van der Waals surface area contributed by atoms with E-state index in [2.05, 4.69) is 22.2 Å². The normalized spacial score (nSPS) is 17.9. The zero-order valence-electron chi connectivity index (χ0n) is 15.1. The van der Waals surface area contributed by atoms with E-state index >= 15 is 0 Å². The Kier molecular flexibility index (Phi) is 5.71. The van der Waals surface area contributed by atoms with Gasteiger partial charge in [0, 0.05) is 19.2 Å². The number of halogens is 1. The number of hydrogen-bond donors (Lipinski definition) is 1. The summed E-state index contributed by atoms with van der Waals surface area (Å²) in [5.41, 5.74) is 1.21. The number of aromatic nitrogens is 1. The van der Waals surface area contributed by atoms with Gasteiger partial charge in [-0.05, 0) is 58.0 Å². The van der Waals surface area contributed by atoms with Gasteiger partial charge < -0.3 is 19.4 Å². The molecule has 0 bridgehead atoms. The quantitative estimate of drug-likeness (QED) is 0.869. The highest BCUT2D eigenvalue weighted by Crippen LogP contribution is 2.27. The van der Waals surface area contributed by atoms with Gasteiger partial charge in [0.25, 0.3) is 0 Å². The molecule has 6 heteroatoms. The summed E-state index contributed by atoms with van der Waals surface area (Å²) < 4.78 is 25.0. The molecule has 1 aromatic carbocycles. The third-order valence-electron chi connectivity index (χ3n) is 4.69. The van der Waals surface area contributed by atoms with Crippen LogP contribution in [0.25, 0.3) is 11.5 Å². The number of rotatable bonds is 6. The van der Waals surface area contributed by atoms with Gasteiger partial charge in [-0.3, -0.25) is 0 Å². The lowest BCUT2D eigenvalue weighted by molar-refractivity contribution is 0.235. The van der Waals surface area contributed by atoms with Crippen LogP contribution in [0.1, 0.15) is 24.3 Å². The van der Waals surface area contributed by atoms with E-state index < -0.39 is 5.82 Å². The van der Waals surface area contributed by atoms with Crippen molar-refractivity contribution < 1.29 is 13.5 Å². The topological polar surface area (TPSA) is 50.5 Å². The van der Waals surface area contributed by atoms with Gasteiger partial charge in [0.2, 0.25) is 5.89 Å². The lowest BCUT2D eigenvalue weighted by atomic mass is 9.99. The van der Waals surface area contributed by atoms with E-state index in [1.54, 1.807) is 12.1 Å². The zero-order chi connectivity index (χ0) is 17.8. The first kappa shape index (κ1) is 17.9. The van der Waals surface area contributed by atoms with Crippen LogP contribution in [-0.2, 0) is 6.54 Å². The van der Waals surface area contributed by atoms with Crippen molar-refractivity contribution in [2.75, 3.05) is 33.8 Å². The van der Waals surface area contributed by atoms with Crippen LogP contribution in [0, 0.1) is 18.7 Å². The molecule has 0 unspecified atom stereocenters. The predicted octanol–water partition coefficient (Wildman–Crippen LogP) is 3.23. The van der Waals surface area contributed by atoms with Crippen molar-refractivity contribution in [2.24, 2.45) is 5.92 Å². The number of oxazole rings is 1. The van der Waals surface area contributed by atoms with Gasteiger partial charge in [-0.2, -0.15) is 0 Å². The Hall–Kier alpha value is -1.92. The average molecular weight is 347 g/mol. The van der Waals surface area contributed by atoms with Crippen molar-refractivity contribution in [3.05, 3.63) is 35.5 Å². The largest absolute Gasteiger partial charge is 0.497 e. The minimum absolute atomic E-state index is 0.320. The Labute approximate surface area is 148 Å². The molecule has 3 rings (SSSR count). The molecule has 0 amide bonds. The van der Waals surface area contributed by atoms with E-state index in [4.69, 9.17) is 9.15 Å². The van der Waals surface area contributed by atoms with E-state index in [9.17, 15) is 4.39 Å². The number of ether oxygens (including phenoxy) is 1. The molecule has 25 heavy (non-hydrogen) atoms. The molecule has 5 nitrogen and oxygen atoms in total. The molecule has 0 spiro atoms. The molecule has 1 fully saturated rings. The Morgan fingerprint density at radius 3 is 2.96 bits per heavy atom. The van der Waals surface area contributed by atoms with Crippen molar-refractivity contribution in [1.29, 1.82) is 0 Å². The number of nitrogens with zero attached hydrogens (tertiary/aromatic N) is 2. The van der Waals surface area contributed by atoms with Crippen LogP contribution in [0.5, 0.6) is 5.75 Å². The second-order valence-corrected chi connectivity index (χ2v) is 6.78. The monoisotopic (exact) mass is 347 g/mol. The summed E-state index contributed by atoms with van der Waals surface area (Å²) in [6, 6.07) is 4.69. The standard InChI is InChI=1S/C19H26FN3O2/c1-13-18(12-23(2)11-14-5-4-8-21-10-14)22-19(25-13)16-7-6-15(24-3)9-17(16)20/h6-7,9,14,21H,4-5,8,10-12H2,1-3H3/t14-/m1/s1. The van der Waals surface area contributed by atoms with Crippen molar-refractivity contribution in [3.63, 3.8) is 0 Å². The molecule has 1 aromatic heterocycles. The number of hydrogen-bond acceptors (Lipinski definition) is 5. The van der Waals surface area contributed by atoms with Crippen molar-refractivity contribution in [2.45, 2.75) is 26.3 Å². The molecule has 136 valence electrons. The van der Waals surface area contributed by atoms with Crippen LogP contribution < -0.4 is 10.1 Å². The van der Waals surface area contributed by atoms with Crippen LogP contribution in [0.4, 0.5) is 4.39 Å². The molecule has 0 aliphatic carbocycles. The maximum absolute atomic E-state index is 14.2. The molecule has 1 saturated heterocycles. The molecular formula is C19H26FN3O2. The average Bonchev–Trinajstić information content (AvgIpc) is 2.95. The van der Waals surface area contributed by atoms with Crippen LogP contribution in [0.15, 0.2) is 22.6 Å². The Bertz CT molecular complexity index is 711. The summed E-state index contributed by atoms with van der Waals surface area (Å²) in [5, 5.41) is 3.44. The third kappa shape index (κ3) is 4.38. The highest BCUT2D eigenvalue weighted by molar-refractivity contribution is 5.56. The summed E-state index contributed by atoms with van der Waals surface area (Å²) in [6.07, 6.45) is 2.50. The minimum Gasteiger partial charge on any atom is -0.497 e. The van der Waals surface area contributed by atoms with Gasteiger partial charge in [0.1, 0.15) is 17.3 Å². The first-order valence-corrected chi connectivity index (χ1v) is 8.76. The van der Waals surface area contributed by atoms with E-state index in [1.807, 2.05) is 6.92 Å². The highest BCUT2D eigenvalue weighted by atomic mass is 19.1. The first-order valence-electron chi connectivity index (χ1n) is 8.76. The maximum atomic E-state index is 14.2. The lowest BCUT2D eigenvalue weighted by Gasteiger charge is -2.27. The molecule has 1 atom stereocenters. The number of aryl methyl sites for hydroxylation is 1. The third-order valence-corrected chi connectivity index (χ3v) is 4.69. The molecule has 2 heterocycles. The van der Waals surface area contributed by atoms with Crippen molar-refractivity contribution in [3.8, 4) is 17.2 Å². The van der Waals surface area contributed by atoms with E-state index in [0.717, 1.165) is 31.1 Å². The fraction of sp³-hybridized carbons (Fsp3) is 0.526. The smallest absolute Gasteiger partial charge is 0.229 e. The first-order chi connectivity index (χ1) is 12.1. The highest BCUT2D eigenvalue weighted by Gasteiger charge is 2.19. The molecule has 0 radical (unpaired) electrons. The van der Waals surface area contributed by atoms with Crippen molar-refractivity contribution in [1.82, 2.24) is 15.2 Å². The minimum atomic E-state index is -0.395. The fourth-order valence-electron chi connectivity index (χ4n) is 3.33. The Morgan fingerprint density at radius 1 is 1.44 bits per heavy atom. The van der Waals surface area contributed by atoms with Gasteiger partial charge in [0.15, 0.2) is 0 Å². The summed E-state index contributed by atoms with van der Waals surface area (Å²) in [7, 11) is 3.61. The molecule has 1 aliphatic heterocycles. The summed E-state index contributed by atoms with van der Waals surface area (Å²) in [6.45, 7) is 5.79. The molecular weight excluding hydrogens is 321 g/mol. The van der Waals surface area contributed by atoms with Crippen LogP contribution >= 0.6 is 0 Å². The van der Waals surface area contributed by atoms with Gasteiger partial charge >= 0.3 is 0 Å². The van der Waals surface area contributed by atoms with Gasteiger partial charge in [-0.1, -0.05) is 0 Å². The van der Waals surface area contributed by atoms with E-state index in [1.165, 1.54) is 26.0 Å². The van der Waals surface area contributed by atoms with Gasteiger partial charge in [0.05, 0.1) is 18.4 Å².